The van der Waals surface area contributed by atoms with Gasteiger partial charge in [-0.25, -0.2) is 0 Å². The molecule has 4 heteroatoms. The summed E-state index contributed by atoms with van der Waals surface area (Å²) in [7, 11) is 0. The Hall–Kier alpha value is -2.36. The van der Waals surface area contributed by atoms with E-state index in [1.54, 1.807) is 0 Å². The average molecular weight is 336 g/mol. The average Bonchev–Trinajstić information content (AvgIpc) is 3.51. The van der Waals surface area contributed by atoms with Crippen molar-refractivity contribution in [1.82, 2.24) is 10.2 Å². The summed E-state index contributed by atoms with van der Waals surface area (Å²) in [6.07, 6.45) is 3.90. The van der Waals surface area contributed by atoms with Crippen molar-refractivity contribution in [3.8, 4) is 0 Å². The monoisotopic (exact) mass is 336 g/mol. The van der Waals surface area contributed by atoms with Crippen LogP contribution in [0.15, 0.2) is 42.5 Å². The summed E-state index contributed by atoms with van der Waals surface area (Å²) in [6, 6.07) is 15.0. The lowest BCUT2D eigenvalue weighted by molar-refractivity contribution is -0.134. The Labute approximate surface area is 148 Å². The Balaban J connectivity index is 1.36. The van der Waals surface area contributed by atoms with E-state index in [2.05, 4.69) is 47.8 Å². The number of carbonyl (C=O) groups is 2. The van der Waals surface area contributed by atoms with Crippen LogP contribution in [0.25, 0.3) is 10.8 Å². The molecule has 1 aliphatic heterocycles. The number of nitrogens with zero attached hydrogens (tertiary/aromatic N) is 1. The Bertz CT molecular complexity index is 784. The van der Waals surface area contributed by atoms with Gasteiger partial charge in [-0.3, -0.25) is 9.59 Å². The van der Waals surface area contributed by atoms with Crippen molar-refractivity contribution in [2.45, 2.75) is 31.6 Å². The lowest BCUT2D eigenvalue weighted by Gasteiger charge is -2.32. The molecular weight excluding hydrogens is 312 g/mol. The maximum atomic E-state index is 12.3. The van der Waals surface area contributed by atoms with Crippen LogP contribution in [0.3, 0.4) is 0 Å². The lowest BCUT2D eigenvalue weighted by Crippen LogP contribution is -2.44. The molecule has 2 aromatic rings. The SMILES string of the molecule is O=C(NCC(=O)N1CCC(c2cccc3ccccc23)CC1)C1CC1. The quantitative estimate of drug-likeness (QED) is 0.933. The molecule has 0 aromatic heterocycles. The van der Waals surface area contributed by atoms with Gasteiger partial charge in [0, 0.05) is 19.0 Å². The van der Waals surface area contributed by atoms with Crippen LogP contribution in [0.5, 0.6) is 0 Å². The second kappa shape index (κ2) is 6.87. The molecule has 1 aliphatic carbocycles. The molecule has 2 amide bonds. The fraction of sp³-hybridized carbons (Fsp3) is 0.429. The van der Waals surface area contributed by atoms with E-state index in [0.717, 1.165) is 38.8 Å². The first-order valence-electron chi connectivity index (χ1n) is 9.25. The van der Waals surface area contributed by atoms with E-state index in [9.17, 15) is 9.59 Å². The molecule has 2 fully saturated rings. The first kappa shape index (κ1) is 16.1. The van der Waals surface area contributed by atoms with Crippen LogP contribution in [0, 0.1) is 5.92 Å². The van der Waals surface area contributed by atoms with Gasteiger partial charge in [0.05, 0.1) is 6.54 Å². The predicted octanol–water partition coefficient (Wildman–Crippen LogP) is 3.07. The Morgan fingerprint density at radius 2 is 1.68 bits per heavy atom. The fourth-order valence-electron chi connectivity index (χ4n) is 3.81. The number of likely N-dealkylation sites (tertiary alicyclic amines) is 1. The Morgan fingerprint density at radius 1 is 0.960 bits per heavy atom. The van der Waals surface area contributed by atoms with Gasteiger partial charge < -0.3 is 10.2 Å². The van der Waals surface area contributed by atoms with E-state index >= 15 is 0 Å². The summed E-state index contributed by atoms with van der Waals surface area (Å²) in [4.78, 5) is 25.9. The first-order chi connectivity index (χ1) is 12.2. The smallest absolute Gasteiger partial charge is 0.241 e. The third kappa shape index (κ3) is 3.53. The van der Waals surface area contributed by atoms with E-state index in [1.165, 1.54) is 16.3 Å². The number of amides is 2. The number of nitrogens with one attached hydrogen (secondary N) is 1. The number of fused-ring (bicyclic) bond motifs is 1. The van der Waals surface area contributed by atoms with Crippen LogP contribution in [-0.2, 0) is 9.59 Å². The van der Waals surface area contributed by atoms with Crippen LogP contribution >= 0.6 is 0 Å². The van der Waals surface area contributed by atoms with Gasteiger partial charge in [-0.05, 0) is 47.9 Å². The topological polar surface area (TPSA) is 49.4 Å². The van der Waals surface area contributed by atoms with E-state index in [-0.39, 0.29) is 24.3 Å². The summed E-state index contributed by atoms with van der Waals surface area (Å²) >= 11 is 0. The van der Waals surface area contributed by atoms with Crippen molar-refractivity contribution in [1.29, 1.82) is 0 Å². The van der Waals surface area contributed by atoms with Gasteiger partial charge in [-0.2, -0.15) is 0 Å². The molecule has 2 aliphatic rings. The normalized spacial score (nSPS) is 18.3. The second-order valence-corrected chi connectivity index (χ2v) is 7.22. The summed E-state index contributed by atoms with van der Waals surface area (Å²) in [5, 5.41) is 5.38. The first-order valence-corrected chi connectivity index (χ1v) is 9.25. The highest BCUT2D eigenvalue weighted by atomic mass is 16.2. The number of rotatable bonds is 4. The lowest BCUT2D eigenvalue weighted by atomic mass is 9.86. The fourth-order valence-corrected chi connectivity index (χ4v) is 3.81. The second-order valence-electron chi connectivity index (χ2n) is 7.22. The number of piperidine rings is 1. The van der Waals surface area contributed by atoms with Crippen molar-refractivity contribution in [3.63, 3.8) is 0 Å². The Morgan fingerprint density at radius 3 is 2.44 bits per heavy atom. The maximum Gasteiger partial charge on any atom is 0.241 e. The summed E-state index contributed by atoms with van der Waals surface area (Å²) in [6.45, 7) is 1.69. The molecule has 0 unspecified atom stereocenters. The summed E-state index contributed by atoms with van der Waals surface area (Å²) in [5.41, 5.74) is 1.40. The third-order valence-corrected chi connectivity index (χ3v) is 5.47. The molecule has 0 atom stereocenters. The molecular formula is C21H24N2O2. The molecule has 0 radical (unpaired) electrons. The minimum absolute atomic E-state index is 0.0407. The molecule has 130 valence electrons. The zero-order valence-corrected chi connectivity index (χ0v) is 14.4. The maximum absolute atomic E-state index is 12.3. The summed E-state index contributed by atoms with van der Waals surface area (Å²) < 4.78 is 0. The van der Waals surface area contributed by atoms with Crippen molar-refractivity contribution in [2.24, 2.45) is 5.92 Å². The minimum atomic E-state index is 0.0407. The summed E-state index contributed by atoms with van der Waals surface area (Å²) in [5.74, 6) is 0.741. The molecule has 1 heterocycles. The van der Waals surface area contributed by atoms with Gasteiger partial charge in [0.1, 0.15) is 0 Å². The standard InChI is InChI=1S/C21H24N2O2/c24-20(14-22-21(25)17-8-9-17)23-12-10-16(11-13-23)19-7-3-5-15-4-1-2-6-18(15)19/h1-7,16-17H,8-14H2,(H,22,25). The molecule has 1 saturated carbocycles. The highest BCUT2D eigenvalue weighted by molar-refractivity contribution is 5.87. The van der Waals surface area contributed by atoms with E-state index < -0.39 is 0 Å². The molecule has 4 nitrogen and oxygen atoms in total. The van der Waals surface area contributed by atoms with Crippen molar-refractivity contribution in [2.75, 3.05) is 19.6 Å². The third-order valence-electron chi connectivity index (χ3n) is 5.47. The number of carbonyl (C=O) groups excluding carboxylic acids is 2. The van der Waals surface area contributed by atoms with Crippen LogP contribution in [-0.4, -0.2) is 36.3 Å². The molecule has 0 bridgehead atoms. The molecule has 2 aromatic carbocycles. The van der Waals surface area contributed by atoms with Gasteiger partial charge >= 0.3 is 0 Å². The van der Waals surface area contributed by atoms with Gasteiger partial charge in [0.25, 0.3) is 0 Å². The molecule has 0 spiro atoms. The number of hydrogen-bond acceptors (Lipinski definition) is 2. The van der Waals surface area contributed by atoms with E-state index in [1.807, 2.05) is 4.90 Å². The van der Waals surface area contributed by atoms with Gasteiger partial charge in [-0.1, -0.05) is 42.5 Å². The number of benzene rings is 2. The van der Waals surface area contributed by atoms with E-state index in [0.29, 0.717) is 5.92 Å². The van der Waals surface area contributed by atoms with Gasteiger partial charge in [-0.15, -0.1) is 0 Å². The highest BCUT2D eigenvalue weighted by Gasteiger charge is 2.30. The predicted molar refractivity (Wildman–Crippen MR) is 98.2 cm³/mol. The largest absolute Gasteiger partial charge is 0.347 e. The molecule has 4 rings (SSSR count). The molecule has 1 N–H and O–H groups in total. The zero-order chi connectivity index (χ0) is 17.2. The molecule has 25 heavy (non-hydrogen) atoms. The van der Waals surface area contributed by atoms with Gasteiger partial charge in [0.2, 0.25) is 11.8 Å². The van der Waals surface area contributed by atoms with Crippen molar-refractivity contribution >= 4 is 22.6 Å². The van der Waals surface area contributed by atoms with Crippen LogP contribution in [0.4, 0.5) is 0 Å². The van der Waals surface area contributed by atoms with E-state index in [4.69, 9.17) is 0 Å². The van der Waals surface area contributed by atoms with Crippen LogP contribution < -0.4 is 5.32 Å². The zero-order valence-electron chi connectivity index (χ0n) is 14.4. The van der Waals surface area contributed by atoms with Crippen molar-refractivity contribution in [3.05, 3.63) is 48.0 Å². The van der Waals surface area contributed by atoms with Gasteiger partial charge in [0.15, 0.2) is 0 Å². The Kier molecular flexibility index (Phi) is 4.43. The molecule has 1 saturated heterocycles. The number of hydrogen-bond donors (Lipinski definition) is 1. The van der Waals surface area contributed by atoms with Crippen LogP contribution in [0.1, 0.15) is 37.2 Å². The van der Waals surface area contributed by atoms with Crippen LogP contribution in [0.2, 0.25) is 0 Å². The highest BCUT2D eigenvalue weighted by Crippen LogP contribution is 2.33. The van der Waals surface area contributed by atoms with Crippen molar-refractivity contribution < 1.29 is 9.59 Å². The minimum Gasteiger partial charge on any atom is -0.347 e.